The Morgan fingerprint density at radius 3 is 2.47 bits per heavy atom. The van der Waals surface area contributed by atoms with Crippen molar-refractivity contribution in [1.82, 2.24) is 20.3 Å². The van der Waals surface area contributed by atoms with Crippen molar-refractivity contribution in [3.63, 3.8) is 0 Å². The monoisotopic (exact) mass is 250 g/mol. The molecule has 0 aliphatic carbocycles. The van der Waals surface area contributed by atoms with Gasteiger partial charge in [0.2, 0.25) is 0 Å². The first kappa shape index (κ1) is 12.1. The fourth-order valence-corrected chi connectivity index (χ4v) is 1.74. The Hall–Kier alpha value is -1.39. The minimum atomic E-state index is 0.563. The van der Waals surface area contributed by atoms with E-state index in [1.807, 2.05) is 25.4 Å². The van der Waals surface area contributed by atoms with Crippen molar-refractivity contribution in [2.24, 2.45) is 7.05 Å². The fourth-order valence-electron chi connectivity index (χ4n) is 1.56. The van der Waals surface area contributed by atoms with Crippen LogP contribution in [0.5, 0.6) is 0 Å². The predicted molar refractivity (Wildman–Crippen MR) is 67.5 cm³/mol. The smallest absolute Gasteiger partial charge is 0.0964 e. The van der Waals surface area contributed by atoms with Crippen LogP contribution < -0.4 is 5.32 Å². The van der Waals surface area contributed by atoms with Crippen molar-refractivity contribution in [3.05, 3.63) is 47.3 Å². The number of hydrogen-bond donors (Lipinski definition) is 1. The summed E-state index contributed by atoms with van der Waals surface area (Å²) >= 11 is 5.73. The van der Waals surface area contributed by atoms with Gasteiger partial charge in [-0.3, -0.25) is 4.68 Å². The number of alkyl halides is 1. The molecule has 0 bridgehead atoms. The number of benzene rings is 1. The first-order valence-corrected chi connectivity index (χ1v) is 6.01. The largest absolute Gasteiger partial charge is 0.307 e. The lowest BCUT2D eigenvalue weighted by molar-refractivity contribution is 0.673. The highest BCUT2D eigenvalue weighted by Gasteiger charge is 1.98. The molecule has 90 valence electrons. The van der Waals surface area contributed by atoms with Crippen molar-refractivity contribution in [1.29, 1.82) is 0 Å². The van der Waals surface area contributed by atoms with Crippen LogP contribution in [0.1, 0.15) is 16.8 Å². The fraction of sp³-hybridized carbons (Fsp3) is 0.333. The lowest BCUT2D eigenvalue weighted by Crippen LogP contribution is -2.12. The summed E-state index contributed by atoms with van der Waals surface area (Å²) in [7, 11) is 1.86. The summed E-state index contributed by atoms with van der Waals surface area (Å²) in [4.78, 5) is 0. The SMILES string of the molecule is Cn1cc(CNCc2ccc(CCl)cc2)nn1. The van der Waals surface area contributed by atoms with Crippen LogP contribution in [-0.4, -0.2) is 15.0 Å². The molecule has 1 N–H and O–H groups in total. The van der Waals surface area contributed by atoms with Crippen LogP contribution in [0.3, 0.4) is 0 Å². The first-order chi connectivity index (χ1) is 8.28. The van der Waals surface area contributed by atoms with Gasteiger partial charge in [-0.1, -0.05) is 29.5 Å². The van der Waals surface area contributed by atoms with Crippen molar-refractivity contribution in [2.45, 2.75) is 19.0 Å². The Labute approximate surface area is 106 Å². The molecule has 0 atom stereocenters. The van der Waals surface area contributed by atoms with Gasteiger partial charge in [-0.2, -0.15) is 0 Å². The first-order valence-electron chi connectivity index (χ1n) is 5.47. The minimum absolute atomic E-state index is 0.563. The molecule has 0 saturated carbocycles. The van der Waals surface area contributed by atoms with E-state index in [2.05, 4.69) is 27.8 Å². The van der Waals surface area contributed by atoms with Crippen molar-refractivity contribution >= 4 is 11.6 Å². The maximum atomic E-state index is 5.73. The summed E-state index contributed by atoms with van der Waals surface area (Å²) in [5.74, 6) is 0.563. The summed E-state index contributed by atoms with van der Waals surface area (Å²) in [6, 6.07) is 8.27. The zero-order chi connectivity index (χ0) is 12.1. The van der Waals surface area contributed by atoms with E-state index in [-0.39, 0.29) is 0 Å². The Morgan fingerprint density at radius 2 is 1.88 bits per heavy atom. The molecule has 2 aromatic rings. The van der Waals surface area contributed by atoms with Gasteiger partial charge in [-0.25, -0.2) is 0 Å². The molecule has 2 rings (SSSR count). The average Bonchev–Trinajstić information content (AvgIpc) is 2.76. The second-order valence-electron chi connectivity index (χ2n) is 3.94. The second kappa shape index (κ2) is 5.80. The lowest BCUT2D eigenvalue weighted by atomic mass is 10.1. The minimum Gasteiger partial charge on any atom is -0.307 e. The average molecular weight is 251 g/mol. The number of aromatic nitrogens is 3. The predicted octanol–water partition coefficient (Wildman–Crippen LogP) is 1.84. The molecule has 17 heavy (non-hydrogen) atoms. The van der Waals surface area contributed by atoms with Gasteiger partial charge >= 0.3 is 0 Å². The molecule has 0 saturated heterocycles. The van der Waals surface area contributed by atoms with Crippen LogP contribution in [0, 0.1) is 0 Å². The van der Waals surface area contributed by atoms with Gasteiger partial charge in [-0.15, -0.1) is 16.7 Å². The van der Waals surface area contributed by atoms with Crippen molar-refractivity contribution in [3.8, 4) is 0 Å². The van der Waals surface area contributed by atoms with Gasteiger partial charge in [0.25, 0.3) is 0 Å². The molecular weight excluding hydrogens is 236 g/mol. The van der Waals surface area contributed by atoms with Gasteiger partial charge in [0, 0.05) is 32.2 Å². The zero-order valence-corrected chi connectivity index (χ0v) is 10.5. The molecule has 4 nitrogen and oxygen atoms in total. The van der Waals surface area contributed by atoms with E-state index in [9.17, 15) is 0 Å². The van der Waals surface area contributed by atoms with E-state index in [1.165, 1.54) is 5.56 Å². The Balaban J connectivity index is 1.81. The highest BCUT2D eigenvalue weighted by atomic mass is 35.5. The van der Waals surface area contributed by atoms with Gasteiger partial charge < -0.3 is 5.32 Å². The molecule has 0 aliphatic rings. The Bertz CT molecular complexity index is 464. The molecule has 5 heteroatoms. The van der Waals surface area contributed by atoms with Gasteiger partial charge in [0.05, 0.1) is 5.69 Å². The summed E-state index contributed by atoms with van der Waals surface area (Å²) in [6.45, 7) is 1.55. The van der Waals surface area contributed by atoms with E-state index < -0.39 is 0 Å². The molecule has 0 radical (unpaired) electrons. The van der Waals surface area contributed by atoms with E-state index >= 15 is 0 Å². The third-order valence-corrected chi connectivity index (χ3v) is 2.77. The van der Waals surface area contributed by atoms with Crippen LogP contribution in [0.4, 0.5) is 0 Å². The number of aryl methyl sites for hydroxylation is 1. The van der Waals surface area contributed by atoms with E-state index in [0.717, 1.165) is 24.3 Å². The second-order valence-corrected chi connectivity index (χ2v) is 4.20. The summed E-state index contributed by atoms with van der Waals surface area (Å²) in [6.07, 6.45) is 1.91. The number of nitrogens with zero attached hydrogens (tertiary/aromatic N) is 3. The maximum Gasteiger partial charge on any atom is 0.0964 e. The van der Waals surface area contributed by atoms with Gasteiger partial charge in [-0.05, 0) is 11.1 Å². The van der Waals surface area contributed by atoms with Gasteiger partial charge in [0.15, 0.2) is 0 Å². The molecule has 1 heterocycles. The third-order valence-electron chi connectivity index (χ3n) is 2.46. The lowest BCUT2D eigenvalue weighted by Gasteiger charge is -2.03. The van der Waals surface area contributed by atoms with Crippen LogP contribution >= 0.6 is 11.6 Å². The molecule has 0 aliphatic heterocycles. The summed E-state index contributed by atoms with van der Waals surface area (Å²) in [5.41, 5.74) is 3.33. The third kappa shape index (κ3) is 3.54. The van der Waals surface area contributed by atoms with Crippen LogP contribution in [0.25, 0.3) is 0 Å². The van der Waals surface area contributed by atoms with E-state index in [0.29, 0.717) is 5.88 Å². The number of nitrogens with one attached hydrogen (secondary N) is 1. The molecule has 1 aromatic heterocycles. The zero-order valence-electron chi connectivity index (χ0n) is 9.73. The summed E-state index contributed by atoms with van der Waals surface area (Å²) < 4.78 is 1.70. The summed E-state index contributed by atoms with van der Waals surface area (Å²) in [5, 5.41) is 11.2. The standard InChI is InChI=1S/C12H15ClN4/c1-17-9-12(15-16-17)8-14-7-11-4-2-10(6-13)3-5-11/h2-5,9,14H,6-8H2,1H3. The molecule has 1 aromatic carbocycles. The van der Waals surface area contributed by atoms with Gasteiger partial charge in [0.1, 0.15) is 0 Å². The number of rotatable bonds is 5. The molecule has 0 unspecified atom stereocenters. The van der Waals surface area contributed by atoms with Crippen molar-refractivity contribution < 1.29 is 0 Å². The normalized spacial score (nSPS) is 10.7. The van der Waals surface area contributed by atoms with Crippen LogP contribution in [-0.2, 0) is 26.0 Å². The molecule has 0 amide bonds. The Morgan fingerprint density at radius 1 is 1.18 bits per heavy atom. The van der Waals surface area contributed by atoms with E-state index in [4.69, 9.17) is 11.6 Å². The highest BCUT2D eigenvalue weighted by Crippen LogP contribution is 2.06. The molecule has 0 fully saturated rings. The quantitative estimate of drug-likeness (QED) is 0.824. The number of hydrogen-bond acceptors (Lipinski definition) is 3. The highest BCUT2D eigenvalue weighted by molar-refractivity contribution is 6.17. The van der Waals surface area contributed by atoms with Crippen LogP contribution in [0.2, 0.25) is 0 Å². The Kier molecular flexibility index (Phi) is 4.12. The molecule has 0 spiro atoms. The van der Waals surface area contributed by atoms with Crippen LogP contribution in [0.15, 0.2) is 30.5 Å². The van der Waals surface area contributed by atoms with Crippen molar-refractivity contribution in [2.75, 3.05) is 0 Å². The topological polar surface area (TPSA) is 42.7 Å². The number of halogens is 1. The van der Waals surface area contributed by atoms with E-state index in [1.54, 1.807) is 4.68 Å². The molecular formula is C12H15ClN4. The maximum absolute atomic E-state index is 5.73.